The van der Waals surface area contributed by atoms with Crippen LogP contribution in [0.2, 0.25) is 0 Å². The predicted molar refractivity (Wildman–Crippen MR) is 68.0 cm³/mol. The predicted octanol–water partition coefficient (Wildman–Crippen LogP) is 3.71. The van der Waals surface area contributed by atoms with Crippen LogP contribution in [0.1, 0.15) is 34.1 Å². The molecule has 1 aromatic heterocycles. The number of benzene rings is 1. The van der Waals surface area contributed by atoms with Gasteiger partial charge in [-0.25, -0.2) is 4.68 Å². The van der Waals surface area contributed by atoms with Crippen LogP contribution in [0.4, 0.5) is 13.2 Å². The zero-order chi connectivity index (χ0) is 15.1. The Morgan fingerprint density at radius 2 is 1.70 bits per heavy atom. The first-order valence-corrected chi connectivity index (χ1v) is 5.95. The van der Waals surface area contributed by atoms with E-state index in [1.807, 2.05) is 6.07 Å². The molecule has 3 nitrogen and oxygen atoms in total. The topological polar surface area (TPSA) is 34.9 Å². The van der Waals surface area contributed by atoms with Gasteiger partial charge in [-0.15, -0.1) is 0 Å². The second-order valence-corrected chi connectivity index (χ2v) is 4.72. The van der Waals surface area contributed by atoms with Crippen LogP contribution >= 0.6 is 0 Å². The van der Waals surface area contributed by atoms with E-state index in [9.17, 15) is 18.0 Å². The Labute approximate surface area is 114 Å². The molecule has 0 saturated heterocycles. The highest BCUT2D eigenvalue weighted by molar-refractivity contribution is 5.95. The molecule has 0 atom stereocenters. The van der Waals surface area contributed by atoms with Gasteiger partial charge in [0.25, 0.3) is 0 Å². The third kappa shape index (κ3) is 2.59. The number of alkyl halides is 3. The van der Waals surface area contributed by atoms with E-state index < -0.39 is 23.2 Å². The van der Waals surface area contributed by atoms with E-state index in [1.165, 1.54) is 0 Å². The molecule has 0 N–H and O–H groups in total. The van der Waals surface area contributed by atoms with Crippen LogP contribution < -0.4 is 0 Å². The summed E-state index contributed by atoms with van der Waals surface area (Å²) in [6.07, 6.45) is -3.68. The van der Waals surface area contributed by atoms with Crippen molar-refractivity contribution in [3.05, 3.63) is 46.8 Å². The average molecular weight is 282 g/mol. The van der Waals surface area contributed by atoms with Crippen molar-refractivity contribution in [1.29, 1.82) is 0 Å². The summed E-state index contributed by atoms with van der Waals surface area (Å²) in [4.78, 5) is 11.3. The lowest BCUT2D eigenvalue weighted by atomic mass is 10.1. The van der Waals surface area contributed by atoms with E-state index in [1.54, 1.807) is 26.0 Å². The molecule has 0 unspecified atom stereocenters. The summed E-state index contributed by atoms with van der Waals surface area (Å²) >= 11 is 0. The molecule has 106 valence electrons. The largest absolute Gasteiger partial charge is 0.434 e. The molecule has 20 heavy (non-hydrogen) atoms. The monoisotopic (exact) mass is 282 g/mol. The van der Waals surface area contributed by atoms with E-state index in [-0.39, 0.29) is 0 Å². The minimum Gasteiger partial charge on any atom is -0.294 e. The summed E-state index contributed by atoms with van der Waals surface area (Å²) < 4.78 is 40.3. The summed E-state index contributed by atoms with van der Waals surface area (Å²) in [6, 6.07) is 5.05. The lowest BCUT2D eigenvalue weighted by molar-refractivity contribution is -0.143. The zero-order valence-electron chi connectivity index (χ0n) is 11.2. The SMILES string of the molecule is CC(=O)c1cnn(-c2cc(C)cc(C)c2)c1C(F)(F)F. The van der Waals surface area contributed by atoms with Gasteiger partial charge in [-0.3, -0.25) is 4.79 Å². The van der Waals surface area contributed by atoms with Crippen LogP contribution in [0.3, 0.4) is 0 Å². The lowest BCUT2D eigenvalue weighted by Crippen LogP contribution is -2.17. The van der Waals surface area contributed by atoms with E-state index >= 15 is 0 Å². The van der Waals surface area contributed by atoms with Crippen molar-refractivity contribution in [2.75, 3.05) is 0 Å². The number of rotatable bonds is 2. The Hall–Kier alpha value is -2.11. The second kappa shape index (κ2) is 4.77. The summed E-state index contributed by atoms with van der Waals surface area (Å²) in [5.74, 6) is -0.659. The number of carbonyl (C=O) groups excluding carboxylic acids is 1. The number of nitrogens with zero attached hydrogens (tertiary/aromatic N) is 2. The summed E-state index contributed by atoms with van der Waals surface area (Å²) in [7, 11) is 0. The highest BCUT2D eigenvalue weighted by atomic mass is 19.4. The maximum Gasteiger partial charge on any atom is 0.434 e. The minimum atomic E-state index is -4.64. The van der Waals surface area contributed by atoms with Crippen LogP contribution in [0.5, 0.6) is 0 Å². The van der Waals surface area contributed by atoms with E-state index in [4.69, 9.17) is 0 Å². The van der Waals surface area contributed by atoms with Gasteiger partial charge in [0, 0.05) is 0 Å². The Bertz CT molecular complexity index is 651. The number of hydrogen-bond donors (Lipinski definition) is 0. The van der Waals surface area contributed by atoms with Crippen molar-refractivity contribution in [3.63, 3.8) is 0 Å². The highest BCUT2D eigenvalue weighted by Gasteiger charge is 2.39. The smallest absolute Gasteiger partial charge is 0.294 e. The van der Waals surface area contributed by atoms with Gasteiger partial charge in [0.1, 0.15) is 0 Å². The molecule has 0 fully saturated rings. The van der Waals surface area contributed by atoms with Crippen molar-refractivity contribution in [2.24, 2.45) is 0 Å². The zero-order valence-corrected chi connectivity index (χ0v) is 11.2. The maximum absolute atomic E-state index is 13.2. The van der Waals surface area contributed by atoms with Crippen LogP contribution in [-0.2, 0) is 6.18 Å². The number of hydrogen-bond acceptors (Lipinski definition) is 2. The molecule has 0 radical (unpaired) electrons. The minimum absolute atomic E-state index is 0.294. The normalized spacial score (nSPS) is 11.7. The van der Waals surface area contributed by atoms with Crippen LogP contribution in [0, 0.1) is 13.8 Å². The van der Waals surface area contributed by atoms with Gasteiger partial charge in [-0.2, -0.15) is 18.3 Å². The molecule has 1 heterocycles. The van der Waals surface area contributed by atoms with Crippen molar-refractivity contribution in [2.45, 2.75) is 26.9 Å². The van der Waals surface area contributed by atoms with E-state index in [2.05, 4.69) is 5.10 Å². The average Bonchev–Trinajstić information content (AvgIpc) is 2.71. The summed E-state index contributed by atoms with van der Waals surface area (Å²) in [5, 5.41) is 3.73. The Kier molecular flexibility index (Phi) is 3.41. The number of Topliss-reactive ketones (excluding diaryl/α,β-unsaturated/α-hetero) is 1. The molecule has 0 bridgehead atoms. The molecule has 0 aliphatic heterocycles. The molecule has 1 aromatic carbocycles. The first kappa shape index (κ1) is 14.3. The van der Waals surface area contributed by atoms with Gasteiger partial charge in [0.05, 0.1) is 17.4 Å². The molecule has 6 heteroatoms. The maximum atomic E-state index is 13.2. The van der Waals surface area contributed by atoms with Crippen molar-refractivity contribution >= 4 is 5.78 Å². The summed E-state index contributed by atoms with van der Waals surface area (Å²) in [5.41, 5.74) is 0.495. The molecule has 2 aromatic rings. The van der Waals surface area contributed by atoms with Gasteiger partial charge in [-0.05, 0) is 44.0 Å². The van der Waals surface area contributed by atoms with E-state index in [0.717, 1.165) is 28.9 Å². The fourth-order valence-corrected chi connectivity index (χ4v) is 2.15. The van der Waals surface area contributed by atoms with Gasteiger partial charge in [0.15, 0.2) is 11.5 Å². The number of carbonyl (C=O) groups is 1. The van der Waals surface area contributed by atoms with Crippen molar-refractivity contribution in [3.8, 4) is 5.69 Å². The molecule has 0 spiro atoms. The Balaban J connectivity index is 2.72. The van der Waals surface area contributed by atoms with Gasteiger partial charge in [-0.1, -0.05) is 6.07 Å². The molecular formula is C14H13F3N2O. The van der Waals surface area contributed by atoms with E-state index in [0.29, 0.717) is 5.69 Å². The van der Waals surface area contributed by atoms with Crippen LogP contribution in [0.25, 0.3) is 5.69 Å². The van der Waals surface area contributed by atoms with Crippen LogP contribution in [-0.4, -0.2) is 15.6 Å². The molecule has 0 saturated carbocycles. The molecule has 0 aliphatic carbocycles. The highest BCUT2D eigenvalue weighted by Crippen LogP contribution is 2.34. The molecular weight excluding hydrogens is 269 g/mol. The fourth-order valence-electron chi connectivity index (χ4n) is 2.15. The Morgan fingerprint density at radius 1 is 1.15 bits per heavy atom. The van der Waals surface area contributed by atoms with Crippen LogP contribution in [0.15, 0.2) is 24.4 Å². The summed E-state index contributed by atoms with van der Waals surface area (Å²) in [6.45, 7) is 4.68. The van der Waals surface area contributed by atoms with Gasteiger partial charge >= 0.3 is 6.18 Å². The first-order chi connectivity index (χ1) is 9.20. The van der Waals surface area contributed by atoms with Crippen molar-refractivity contribution < 1.29 is 18.0 Å². The van der Waals surface area contributed by atoms with Gasteiger partial charge < -0.3 is 0 Å². The number of halogens is 3. The third-order valence-corrected chi connectivity index (χ3v) is 2.87. The fraction of sp³-hybridized carbons (Fsp3) is 0.286. The second-order valence-electron chi connectivity index (χ2n) is 4.72. The third-order valence-electron chi connectivity index (χ3n) is 2.87. The van der Waals surface area contributed by atoms with Gasteiger partial charge in [0.2, 0.25) is 0 Å². The number of aryl methyl sites for hydroxylation is 2. The quantitative estimate of drug-likeness (QED) is 0.787. The molecule has 0 aliphatic rings. The number of ketones is 1. The standard InChI is InChI=1S/C14H13F3N2O/c1-8-4-9(2)6-11(5-8)19-13(14(15,16)17)12(7-18-19)10(3)20/h4-7H,1-3H3. The Morgan fingerprint density at radius 3 is 2.15 bits per heavy atom. The first-order valence-electron chi connectivity index (χ1n) is 5.95. The lowest BCUT2D eigenvalue weighted by Gasteiger charge is -2.13. The van der Waals surface area contributed by atoms with Crippen molar-refractivity contribution in [1.82, 2.24) is 9.78 Å². The number of aromatic nitrogens is 2. The molecule has 0 amide bonds. The molecule has 2 rings (SSSR count).